The van der Waals surface area contributed by atoms with Gasteiger partial charge in [-0.15, -0.1) is 0 Å². The molecule has 0 amide bonds. The molecule has 0 saturated carbocycles. The van der Waals surface area contributed by atoms with E-state index < -0.39 is 0 Å². The van der Waals surface area contributed by atoms with Crippen molar-refractivity contribution in [3.8, 4) is 0 Å². The van der Waals surface area contributed by atoms with E-state index in [1.807, 2.05) is 0 Å². The van der Waals surface area contributed by atoms with Gasteiger partial charge in [-0.2, -0.15) is 0 Å². The van der Waals surface area contributed by atoms with Crippen LogP contribution in [-0.4, -0.2) is 33.4 Å². The molecule has 0 fully saturated rings. The Morgan fingerprint density at radius 1 is 1.31 bits per heavy atom. The smallest absolute Gasteiger partial charge is 0.0915 e. The van der Waals surface area contributed by atoms with Gasteiger partial charge in [0.1, 0.15) is 0 Å². The van der Waals surface area contributed by atoms with E-state index in [-0.39, 0.29) is 0 Å². The minimum atomic E-state index is 0.475. The Morgan fingerprint density at radius 2 is 2.00 bits per heavy atom. The first-order valence-corrected chi connectivity index (χ1v) is 4.76. The van der Waals surface area contributed by atoms with Gasteiger partial charge < -0.3 is 10.5 Å². The van der Waals surface area contributed by atoms with E-state index in [1.165, 1.54) is 0 Å². The van der Waals surface area contributed by atoms with E-state index in [4.69, 9.17) is 15.3 Å². The fraction of sp³-hybridized carbons (Fsp3) is 1.00. The van der Waals surface area contributed by atoms with Crippen LogP contribution in [0.25, 0.3) is 0 Å². The van der Waals surface area contributed by atoms with Gasteiger partial charge in [0.15, 0.2) is 0 Å². The molecular weight excluding hydrogens is 168 g/mol. The molecular formula is C9H22N2O2. The van der Waals surface area contributed by atoms with Crippen molar-refractivity contribution in [2.24, 2.45) is 17.6 Å². The fourth-order valence-electron chi connectivity index (χ4n) is 0.954. The van der Waals surface area contributed by atoms with E-state index in [0.29, 0.717) is 31.6 Å². The highest BCUT2D eigenvalue weighted by molar-refractivity contribution is 4.63. The highest BCUT2D eigenvalue weighted by Gasteiger charge is 2.10. The van der Waals surface area contributed by atoms with E-state index in [2.05, 4.69) is 19.3 Å². The van der Waals surface area contributed by atoms with Crippen molar-refractivity contribution in [3.63, 3.8) is 0 Å². The summed E-state index contributed by atoms with van der Waals surface area (Å²) in [6.45, 7) is 7.01. The number of nitrogens with two attached hydrogens (primary N) is 1. The Balaban J connectivity index is 3.28. The minimum absolute atomic E-state index is 0.475. The number of ether oxygens (including phenoxy) is 1. The third-order valence-electron chi connectivity index (χ3n) is 2.08. The summed E-state index contributed by atoms with van der Waals surface area (Å²) in [6, 6.07) is 0. The first kappa shape index (κ1) is 12.8. The second-order valence-electron chi connectivity index (χ2n) is 3.43. The van der Waals surface area contributed by atoms with Crippen LogP contribution >= 0.6 is 0 Å². The second-order valence-corrected chi connectivity index (χ2v) is 3.43. The number of hydroxylamine groups is 1. The standard InChI is InChI=1S/C9H22N2O2/c1-8(2)9(6-10)7-11-13-5-4-12-3/h8-9,11H,4-7,10H2,1-3H3. The first-order chi connectivity index (χ1) is 6.22. The Bertz CT molecular complexity index is 110. The van der Waals surface area contributed by atoms with Crippen LogP contribution in [0.1, 0.15) is 13.8 Å². The molecule has 0 aliphatic rings. The summed E-state index contributed by atoms with van der Waals surface area (Å²) in [4.78, 5) is 5.13. The van der Waals surface area contributed by atoms with Gasteiger partial charge in [-0.05, 0) is 18.4 Å². The summed E-state index contributed by atoms with van der Waals surface area (Å²) < 4.78 is 4.83. The number of hydrogen-bond acceptors (Lipinski definition) is 4. The SMILES string of the molecule is COCCONCC(CN)C(C)C. The molecule has 0 heterocycles. The number of nitrogens with one attached hydrogen (secondary N) is 1. The molecule has 0 spiro atoms. The highest BCUT2D eigenvalue weighted by atomic mass is 16.7. The molecule has 0 radical (unpaired) electrons. The number of rotatable bonds is 8. The molecule has 0 aromatic heterocycles. The Kier molecular flexibility index (Phi) is 8.33. The predicted molar refractivity (Wildman–Crippen MR) is 53.2 cm³/mol. The second kappa shape index (κ2) is 8.44. The van der Waals surface area contributed by atoms with Crippen molar-refractivity contribution in [1.29, 1.82) is 0 Å². The summed E-state index contributed by atoms with van der Waals surface area (Å²) >= 11 is 0. The van der Waals surface area contributed by atoms with Gasteiger partial charge in [0.25, 0.3) is 0 Å². The third kappa shape index (κ3) is 6.95. The van der Waals surface area contributed by atoms with Gasteiger partial charge in [0, 0.05) is 13.7 Å². The van der Waals surface area contributed by atoms with Crippen molar-refractivity contribution in [2.45, 2.75) is 13.8 Å². The largest absolute Gasteiger partial charge is 0.382 e. The molecule has 0 aliphatic heterocycles. The molecule has 0 aromatic carbocycles. The lowest BCUT2D eigenvalue weighted by atomic mass is 9.96. The molecule has 0 saturated heterocycles. The highest BCUT2D eigenvalue weighted by Crippen LogP contribution is 2.06. The molecule has 0 aliphatic carbocycles. The van der Waals surface area contributed by atoms with Crippen LogP contribution in [-0.2, 0) is 9.57 Å². The molecule has 1 unspecified atom stereocenters. The van der Waals surface area contributed by atoms with Gasteiger partial charge in [0.2, 0.25) is 0 Å². The monoisotopic (exact) mass is 190 g/mol. The topological polar surface area (TPSA) is 56.5 Å². The van der Waals surface area contributed by atoms with Crippen LogP contribution in [0.3, 0.4) is 0 Å². The average Bonchev–Trinajstić information content (AvgIpc) is 2.10. The Hall–Kier alpha value is -0.160. The van der Waals surface area contributed by atoms with Crippen molar-refractivity contribution in [2.75, 3.05) is 33.4 Å². The average molecular weight is 190 g/mol. The summed E-state index contributed by atoms with van der Waals surface area (Å²) in [5, 5.41) is 0. The van der Waals surface area contributed by atoms with E-state index in [9.17, 15) is 0 Å². The van der Waals surface area contributed by atoms with Crippen molar-refractivity contribution < 1.29 is 9.57 Å². The molecule has 4 nitrogen and oxygen atoms in total. The maximum atomic E-state index is 5.59. The molecule has 0 aromatic rings. The van der Waals surface area contributed by atoms with E-state index >= 15 is 0 Å². The fourth-order valence-corrected chi connectivity index (χ4v) is 0.954. The third-order valence-corrected chi connectivity index (χ3v) is 2.08. The zero-order valence-electron chi connectivity index (χ0n) is 8.88. The number of hydrogen-bond donors (Lipinski definition) is 2. The molecule has 0 rings (SSSR count). The van der Waals surface area contributed by atoms with Gasteiger partial charge in [0.05, 0.1) is 13.2 Å². The first-order valence-electron chi connectivity index (χ1n) is 4.76. The molecule has 3 N–H and O–H groups in total. The molecule has 0 bridgehead atoms. The lowest BCUT2D eigenvalue weighted by Crippen LogP contribution is -2.32. The van der Waals surface area contributed by atoms with Crippen LogP contribution < -0.4 is 11.2 Å². The summed E-state index contributed by atoms with van der Waals surface area (Å²) in [7, 11) is 1.65. The lowest BCUT2D eigenvalue weighted by molar-refractivity contribution is -0.00138. The van der Waals surface area contributed by atoms with Crippen molar-refractivity contribution in [1.82, 2.24) is 5.48 Å². The van der Waals surface area contributed by atoms with Crippen LogP contribution in [0.2, 0.25) is 0 Å². The molecule has 13 heavy (non-hydrogen) atoms. The zero-order chi connectivity index (χ0) is 10.1. The summed E-state index contributed by atoms with van der Waals surface area (Å²) in [5.74, 6) is 1.06. The maximum Gasteiger partial charge on any atom is 0.0915 e. The predicted octanol–water partition coefficient (Wildman–Crippen LogP) is 0.385. The summed E-state index contributed by atoms with van der Waals surface area (Å²) in [6.07, 6.45) is 0. The van der Waals surface area contributed by atoms with E-state index in [0.717, 1.165) is 6.54 Å². The van der Waals surface area contributed by atoms with Gasteiger partial charge in [-0.25, -0.2) is 5.48 Å². The normalized spacial score (nSPS) is 13.6. The van der Waals surface area contributed by atoms with Crippen molar-refractivity contribution in [3.05, 3.63) is 0 Å². The zero-order valence-corrected chi connectivity index (χ0v) is 8.88. The minimum Gasteiger partial charge on any atom is -0.382 e. The van der Waals surface area contributed by atoms with Gasteiger partial charge in [-0.3, -0.25) is 4.84 Å². The Labute approximate surface area is 80.7 Å². The van der Waals surface area contributed by atoms with Crippen LogP contribution in [0.5, 0.6) is 0 Å². The lowest BCUT2D eigenvalue weighted by Gasteiger charge is -2.18. The molecule has 4 heteroatoms. The van der Waals surface area contributed by atoms with Gasteiger partial charge in [-0.1, -0.05) is 13.8 Å². The Morgan fingerprint density at radius 3 is 2.46 bits per heavy atom. The van der Waals surface area contributed by atoms with E-state index in [1.54, 1.807) is 7.11 Å². The van der Waals surface area contributed by atoms with Crippen LogP contribution in [0, 0.1) is 11.8 Å². The van der Waals surface area contributed by atoms with Gasteiger partial charge >= 0.3 is 0 Å². The maximum absolute atomic E-state index is 5.59. The quantitative estimate of drug-likeness (QED) is 0.429. The van der Waals surface area contributed by atoms with Crippen molar-refractivity contribution >= 4 is 0 Å². The van der Waals surface area contributed by atoms with Crippen LogP contribution in [0.15, 0.2) is 0 Å². The molecule has 80 valence electrons. The number of methoxy groups -OCH3 is 1. The van der Waals surface area contributed by atoms with Crippen LogP contribution in [0.4, 0.5) is 0 Å². The molecule has 1 atom stereocenters. The summed E-state index contributed by atoms with van der Waals surface area (Å²) in [5.41, 5.74) is 8.49.